The van der Waals surface area contributed by atoms with Crippen LogP contribution < -0.4 is 0 Å². The van der Waals surface area contributed by atoms with Gasteiger partial charge in [0.1, 0.15) is 23.2 Å². The molecule has 0 spiro atoms. The molecule has 1 nitrogen and oxygen atoms in total. The largest absolute Gasteiger partial charge is 0.465 e. The molecule has 0 aliphatic carbocycles. The first-order valence-corrected chi connectivity index (χ1v) is 6.13. The minimum Gasteiger partial charge on any atom is -0.465 e. The second kappa shape index (κ2) is 5.00. The molecular formula is C13H11BrF2O. The average molecular weight is 301 g/mol. The molecule has 0 aliphatic heterocycles. The summed E-state index contributed by atoms with van der Waals surface area (Å²) in [5, 5.41) is 0. The summed E-state index contributed by atoms with van der Waals surface area (Å²) < 4.78 is 32.3. The van der Waals surface area contributed by atoms with Crippen molar-refractivity contribution >= 4 is 15.9 Å². The smallest absolute Gasteiger partial charge is 0.129 e. The Balaban J connectivity index is 2.21. The first-order valence-electron chi connectivity index (χ1n) is 5.21. The highest BCUT2D eigenvalue weighted by molar-refractivity contribution is 9.09. The van der Waals surface area contributed by atoms with Crippen LogP contribution in [0.1, 0.15) is 21.9 Å². The van der Waals surface area contributed by atoms with Gasteiger partial charge in [0.2, 0.25) is 0 Å². The van der Waals surface area contributed by atoms with Crippen LogP contribution in [0.4, 0.5) is 8.78 Å². The van der Waals surface area contributed by atoms with Gasteiger partial charge in [-0.15, -0.1) is 0 Å². The Labute approximate surface area is 107 Å². The van der Waals surface area contributed by atoms with E-state index in [9.17, 15) is 8.78 Å². The van der Waals surface area contributed by atoms with Gasteiger partial charge in [-0.3, -0.25) is 0 Å². The van der Waals surface area contributed by atoms with E-state index < -0.39 is 11.6 Å². The van der Waals surface area contributed by atoms with Gasteiger partial charge in [-0.05, 0) is 37.6 Å². The molecule has 0 radical (unpaired) electrons. The lowest BCUT2D eigenvalue weighted by Crippen LogP contribution is -2.00. The molecule has 1 aromatic heterocycles. The first-order chi connectivity index (χ1) is 8.08. The fraction of sp³-hybridized carbons (Fsp3) is 0.231. The standard InChI is InChI=1S/C13H11BrF2O/c1-8-5-6-13(17-8)10(14)7-9-11(15)3-2-4-12(9)16/h2-6,10H,7H2,1H3. The summed E-state index contributed by atoms with van der Waals surface area (Å²) in [5.74, 6) is 0.388. The number of halogens is 3. The maximum atomic E-state index is 13.4. The summed E-state index contributed by atoms with van der Waals surface area (Å²) in [4.78, 5) is -0.234. The van der Waals surface area contributed by atoms with Gasteiger partial charge in [-0.2, -0.15) is 0 Å². The maximum Gasteiger partial charge on any atom is 0.129 e. The van der Waals surface area contributed by atoms with E-state index >= 15 is 0 Å². The van der Waals surface area contributed by atoms with E-state index in [0.717, 1.165) is 5.76 Å². The van der Waals surface area contributed by atoms with Gasteiger partial charge in [0, 0.05) is 5.56 Å². The normalized spacial score (nSPS) is 12.7. The van der Waals surface area contributed by atoms with Crippen LogP contribution in [0.5, 0.6) is 0 Å². The second-order valence-electron chi connectivity index (χ2n) is 3.82. The van der Waals surface area contributed by atoms with Crippen molar-refractivity contribution in [3.8, 4) is 0 Å². The Morgan fingerprint density at radius 1 is 1.18 bits per heavy atom. The van der Waals surface area contributed by atoms with E-state index in [1.807, 2.05) is 13.0 Å². The lowest BCUT2D eigenvalue weighted by Gasteiger charge is -2.08. The molecule has 0 bridgehead atoms. The van der Waals surface area contributed by atoms with E-state index in [2.05, 4.69) is 15.9 Å². The molecule has 0 amide bonds. The van der Waals surface area contributed by atoms with Gasteiger partial charge >= 0.3 is 0 Å². The predicted octanol–water partition coefficient (Wildman–Crippen LogP) is 4.54. The van der Waals surface area contributed by atoms with Crippen molar-refractivity contribution in [2.24, 2.45) is 0 Å². The Morgan fingerprint density at radius 3 is 2.35 bits per heavy atom. The zero-order valence-electron chi connectivity index (χ0n) is 9.21. The molecule has 1 unspecified atom stereocenters. The van der Waals surface area contributed by atoms with Crippen molar-refractivity contribution in [2.75, 3.05) is 0 Å². The number of hydrogen-bond donors (Lipinski definition) is 0. The number of hydrogen-bond acceptors (Lipinski definition) is 1. The SMILES string of the molecule is Cc1ccc(C(Br)Cc2c(F)cccc2F)o1. The van der Waals surface area contributed by atoms with Gasteiger partial charge in [0.05, 0.1) is 4.83 Å². The number of alkyl halides is 1. The molecule has 17 heavy (non-hydrogen) atoms. The second-order valence-corrected chi connectivity index (χ2v) is 4.93. The highest BCUT2D eigenvalue weighted by atomic mass is 79.9. The van der Waals surface area contributed by atoms with Gasteiger partial charge in [0.25, 0.3) is 0 Å². The summed E-state index contributed by atoms with van der Waals surface area (Å²) in [6.07, 6.45) is 0.214. The quantitative estimate of drug-likeness (QED) is 0.758. The highest BCUT2D eigenvalue weighted by Crippen LogP contribution is 2.30. The molecule has 0 N–H and O–H groups in total. The lowest BCUT2D eigenvalue weighted by molar-refractivity contribution is 0.475. The monoisotopic (exact) mass is 300 g/mol. The fourth-order valence-electron chi connectivity index (χ4n) is 1.63. The van der Waals surface area contributed by atoms with Crippen molar-refractivity contribution in [3.05, 3.63) is 59.1 Å². The Bertz CT molecular complexity index is 502. The molecule has 2 aromatic rings. The summed E-state index contributed by atoms with van der Waals surface area (Å²) in [6.45, 7) is 1.83. The molecule has 4 heteroatoms. The topological polar surface area (TPSA) is 13.1 Å². The zero-order valence-corrected chi connectivity index (χ0v) is 10.8. The van der Waals surface area contributed by atoms with Gasteiger partial charge < -0.3 is 4.42 Å². The van der Waals surface area contributed by atoms with Gasteiger partial charge in [-0.25, -0.2) is 8.78 Å². The zero-order chi connectivity index (χ0) is 12.4. The number of aryl methyl sites for hydroxylation is 1. The van der Waals surface area contributed by atoms with E-state index in [-0.39, 0.29) is 16.8 Å². The third-order valence-corrected chi connectivity index (χ3v) is 3.29. The van der Waals surface area contributed by atoms with Crippen LogP contribution in [-0.4, -0.2) is 0 Å². The summed E-state index contributed by atoms with van der Waals surface area (Å²) in [7, 11) is 0. The number of rotatable bonds is 3. The van der Waals surface area contributed by atoms with Crippen LogP contribution in [0.25, 0.3) is 0 Å². The van der Waals surface area contributed by atoms with Gasteiger partial charge in [0.15, 0.2) is 0 Å². The van der Waals surface area contributed by atoms with Crippen LogP contribution in [0, 0.1) is 18.6 Å². The Hall–Kier alpha value is -1.16. The molecular weight excluding hydrogens is 290 g/mol. The molecule has 2 rings (SSSR count). The molecule has 0 saturated carbocycles. The van der Waals surface area contributed by atoms with Crippen molar-refractivity contribution in [1.82, 2.24) is 0 Å². The van der Waals surface area contributed by atoms with Crippen LogP contribution in [0.15, 0.2) is 34.7 Å². The van der Waals surface area contributed by atoms with Crippen molar-refractivity contribution in [1.29, 1.82) is 0 Å². The lowest BCUT2D eigenvalue weighted by atomic mass is 10.1. The average Bonchev–Trinajstić information content (AvgIpc) is 2.70. The third kappa shape index (κ3) is 2.75. The van der Waals surface area contributed by atoms with Gasteiger partial charge in [-0.1, -0.05) is 22.0 Å². The maximum absolute atomic E-state index is 13.4. The summed E-state index contributed by atoms with van der Waals surface area (Å²) >= 11 is 3.38. The van der Waals surface area contributed by atoms with Crippen molar-refractivity contribution < 1.29 is 13.2 Å². The van der Waals surface area contributed by atoms with Crippen LogP contribution >= 0.6 is 15.9 Å². The van der Waals surface area contributed by atoms with Crippen molar-refractivity contribution in [3.63, 3.8) is 0 Å². The molecule has 90 valence electrons. The molecule has 0 saturated heterocycles. The van der Waals surface area contributed by atoms with E-state index in [1.165, 1.54) is 18.2 Å². The minimum absolute atomic E-state index is 0.0726. The predicted molar refractivity (Wildman–Crippen MR) is 65.2 cm³/mol. The Kier molecular flexibility index (Phi) is 3.62. The van der Waals surface area contributed by atoms with E-state index in [0.29, 0.717) is 5.76 Å². The summed E-state index contributed by atoms with van der Waals surface area (Å²) in [6, 6.07) is 7.49. The minimum atomic E-state index is -0.530. The Morgan fingerprint density at radius 2 is 1.82 bits per heavy atom. The fourth-order valence-corrected chi connectivity index (χ4v) is 2.20. The molecule has 0 aliphatic rings. The van der Waals surface area contributed by atoms with Crippen molar-refractivity contribution in [2.45, 2.75) is 18.2 Å². The number of benzene rings is 1. The molecule has 1 atom stereocenters. The van der Waals surface area contributed by atoms with Crippen LogP contribution in [0.3, 0.4) is 0 Å². The molecule has 0 fully saturated rings. The first kappa shape index (κ1) is 12.3. The third-order valence-electron chi connectivity index (χ3n) is 2.51. The summed E-state index contributed by atoms with van der Waals surface area (Å²) in [5.41, 5.74) is 0.0726. The van der Waals surface area contributed by atoms with Crippen LogP contribution in [-0.2, 0) is 6.42 Å². The van der Waals surface area contributed by atoms with E-state index in [4.69, 9.17) is 4.42 Å². The van der Waals surface area contributed by atoms with Crippen LogP contribution in [0.2, 0.25) is 0 Å². The molecule has 1 aromatic carbocycles. The van der Waals surface area contributed by atoms with E-state index in [1.54, 1.807) is 6.07 Å². The highest BCUT2D eigenvalue weighted by Gasteiger charge is 2.17. The number of furan rings is 1. The molecule has 1 heterocycles.